The van der Waals surface area contributed by atoms with E-state index in [9.17, 15) is 4.79 Å². The number of halogens is 1. The van der Waals surface area contributed by atoms with Crippen LogP contribution in [-0.4, -0.2) is 44.0 Å². The Balaban J connectivity index is 2.85. The average Bonchev–Trinajstić information content (AvgIpc) is 2.35. The lowest BCUT2D eigenvalue weighted by Crippen LogP contribution is -2.40. The number of rotatable bonds is 6. The van der Waals surface area contributed by atoms with Gasteiger partial charge in [0.25, 0.3) is 0 Å². The average molecular weight is 328 g/mol. The first-order chi connectivity index (χ1) is 8.95. The molecule has 0 bridgehead atoms. The summed E-state index contributed by atoms with van der Waals surface area (Å²) in [5.74, 6) is 0.129. The van der Waals surface area contributed by atoms with Gasteiger partial charge in [0.1, 0.15) is 0 Å². The van der Waals surface area contributed by atoms with E-state index in [-0.39, 0.29) is 11.9 Å². The van der Waals surface area contributed by atoms with Crippen molar-refractivity contribution in [2.45, 2.75) is 19.4 Å². The minimum Gasteiger partial charge on any atom is -0.367 e. The molecule has 0 saturated carbocycles. The molecular weight excluding hydrogens is 306 g/mol. The van der Waals surface area contributed by atoms with Crippen LogP contribution in [0.25, 0.3) is 0 Å². The van der Waals surface area contributed by atoms with Gasteiger partial charge in [-0.05, 0) is 25.1 Å². The number of amides is 1. The van der Waals surface area contributed by atoms with Crippen molar-refractivity contribution in [2.24, 2.45) is 5.73 Å². The third kappa shape index (κ3) is 4.84. The molecule has 4 nitrogen and oxygen atoms in total. The van der Waals surface area contributed by atoms with Gasteiger partial charge in [-0.1, -0.05) is 22.0 Å². The molecule has 0 aliphatic heterocycles. The van der Waals surface area contributed by atoms with Crippen LogP contribution in [0.3, 0.4) is 0 Å². The summed E-state index contributed by atoms with van der Waals surface area (Å²) in [6.07, 6.45) is 0.486. The van der Waals surface area contributed by atoms with Crippen molar-refractivity contribution in [1.29, 1.82) is 0 Å². The van der Waals surface area contributed by atoms with Gasteiger partial charge in [-0.3, -0.25) is 4.79 Å². The summed E-state index contributed by atoms with van der Waals surface area (Å²) in [7, 11) is 3.56. The first-order valence-electron chi connectivity index (χ1n) is 6.38. The highest BCUT2D eigenvalue weighted by Gasteiger charge is 2.18. The van der Waals surface area contributed by atoms with E-state index in [1.165, 1.54) is 0 Å². The first kappa shape index (κ1) is 16.0. The summed E-state index contributed by atoms with van der Waals surface area (Å²) in [6.45, 7) is 3.35. The van der Waals surface area contributed by atoms with Crippen molar-refractivity contribution in [3.8, 4) is 0 Å². The Bertz CT molecular complexity index is 423. The summed E-state index contributed by atoms with van der Waals surface area (Å²) < 4.78 is 1.03. The molecular formula is C14H22BrN3O. The third-order valence-corrected chi connectivity index (χ3v) is 3.50. The molecule has 0 saturated heterocycles. The molecule has 1 amide bonds. The van der Waals surface area contributed by atoms with Crippen LogP contribution >= 0.6 is 15.9 Å². The molecule has 0 spiro atoms. The monoisotopic (exact) mass is 327 g/mol. The fraction of sp³-hybridized carbons (Fsp3) is 0.500. The summed E-state index contributed by atoms with van der Waals surface area (Å²) in [4.78, 5) is 15.6. The highest BCUT2D eigenvalue weighted by molar-refractivity contribution is 9.10. The highest BCUT2D eigenvalue weighted by Crippen LogP contribution is 2.22. The highest BCUT2D eigenvalue weighted by atomic mass is 79.9. The molecule has 2 N–H and O–H groups in total. The summed E-state index contributed by atoms with van der Waals surface area (Å²) in [6, 6.07) is 8.18. The van der Waals surface area contributed by atoms with Gasteiger partial charge in [-0.15, -0.1) is 0 Å². The van der Waals surface area contributed by atoms with Gasteiger partial charge in [0.05, 0.1) is 0 Å². The Morgan fingerprint density at radius 2 is 2.11 bits per heavy atom. The fourth-order valence-electron chi connectivity index (χ4n) is 1.94. The van der Waals surface area contributed by atoms with Crippen molar-refractivity contribution in [3.63, 3.8) is 0 Å². The number of carbonyl (C=O) groups excluding carboxylic acids is 1. The second kappa shape index (κ2) is 7.50. The van der Waals surface area contributed by atoms with Crippen LogP contribution < -0.4 is 10.6 Å². The lowest BCUT2D eigenvalue weighted by molar-refractivity contribution is -0.128. The number of anilines is 1. The number of hydrogen-bond acceptors (Lipinski definition) is 3. The van der Waals surface area contributed by atoms with Crippen LogP contribution in [0.4, 0.5) is 5.69 Å². The minimum absolute atomic E-state index is 0.118. The predicted octanol–water partition coefficient (Wildman–Crippen LogP) is 2.08. The zero-order valence-electron chi connectivity index (χ0n) is 11.8. The maximum atomic E-state index is 11.8. The Morgan fingerprint density at radius 3 is 2.63 bits per heavy atom. The van der Waals surface area contributed by atoms with E-state index in [0.29, 0.717) is 13.0 Å². The van der Waals surface area contributed by atoms with E-state index in [2.05, 4.69) is 27.8 Å². The maximum Gasteiger partial charge on any atom is 0.224 e. The van der Waals surface area contributed by atoms with E-state index in [4.69, 9.17) is 5.73 Å². The van der Waals surface area contributed by atoms with Gasteiger partial charge in [0.15, 0.2) is 0 Å². The molecule has 1 atom stereocenters. The van der Waals surface area contributed by atoms with Crippen LogP contribution in [0.2, 0.25) is 0 Å². The van der Waals surface area contributed by atoms with E-state index in [0.717, 1.165) is 16.7 Å². The molecule has 0 heterocycles. The molecule has 1 rings (SSSR count). The lowest BCUT2D eigenvalue weighted by atomic mass is 10.1. The fourth-order valence-corrected chi connectivity index (χ4v) is 2.33. The van der Waals surface area contributed by atoms with Crippen molar-refractivity contribution in [2.75, 3.05) is 32.1 Å². The maximum absolute atomic E-state index is 11.8. The third-order valence-electron chi connectivity index (χ3n) is 3.01. The van der Waals surface area contributed by atoms with E-state index in [1.54, 1.807) is 19.0 Å². The lowest BCUT2D eigenvalue weighted by Gasteiger charge is -2.31. The molecule has 19 heavy (non-hydrogen) atoms. The largest absolute Gasteiger partial charge is 0.367 e. The quantitative estimate of drug-likeness (QED) is 0.870. The topological polar surface area (TPSA) is 49.6 Å². The Morgan fingerprint density at radius 1 is 1.42 bits per heavy atom. The number of nitrogens with two attached hydrogens (primary N) is 1. The summed E-state index contributed by atoms with van der Waals surface area (Å²) in [5.41, 5.74) is 6.77. The molecule has 5 heteroatoms. The Kier molecular flexibility index (Phi) is 6.31. The standard InChI is InChI=1S/C14H22BrN3O/c1-11(9-14(19)17(2)3)18(8-7-16)13-6-4-5-12(15)10-13/h4-6,10-11H,7-9,16H2,1-3H3/t11-/m1/s1. The minimum atomic E-state index is 0.118. The van der Waals surface area contributed by atoms with Crippen molar-refractivity contribution in [1.82, 2.24) is 4.90 Å². The normalized spacial score (nSPS) is 12.1. The van der Waals surface area contributed by atoms with Gasteiger partial charge in [0.2, 0.25) is 5.91 Å². The van der Waals surface area contributed by atoms with Crippen LogP contribution in [-0.2, 0) is 4.79 Å². The molecule has 1 aromatic rings. The summed E-state index contributed by atoms with van der Waals surface area (Å²) >= 11 is 3.47. The van der Waals surface area contributed by atoms with E-state index < -0.39 is 0 Å². The Labute approximate surface area is 123 Å². The van der Waals surface area contributed by atoms with Crippen LogP contribution in [0.5, 0.6) is 0 Å². The van der Waals surface area contributed by atoms with Gasteiger partial charge < -0.3 is 15.5 Å². The zero-order chi connectivity index (χ0) is 14.4. The van der Waals surface area contributed by atoms with Crippen molar-refractivity contribution in [3.05, 3.63) is 28.7 Å². The van der Waals surface area contributed by atoms with Crippen molar-refractivity contribution < 1.29 is 4.79 Å². The number of benzene rings is 1. The summed E-state index contributed by atoms with van der Waals surface area (Å²) in [5, 5.41) is 0. The van der Waals surface area contributed by atoms with E-state index in [1.807, 2.05) is 24.3 Å². The number of nitrogens with zero attached hydrogens (tertiary/aromatic N) is 2. The molecule has 0 aromatic heterocycles. The van der Waals surface area contributed by atoms with Crippen LogP contribution in [0, 0.1) is 0 Å². The van der Waals surface area contributed by atoms with Gasteiger partial charge in [0, 0.05) is 49.8 Å². The molecule has 106 valence electrons. The van der Waals surface area contributed by atoms with Gasteiger partial charge in [-0.25, -0.2) is 0 Å². The van der Waals surface area contributed by atoms with Crippen molar-refractivity contribution >= 4 is 27.5 Å². The second-order valence-corrected chi connectivity index (χ2v) is 5.72. The molecule has 0 aliphatic rings. The molecule has 0 radical (unpaired) electrons. The SMILES string of the molecule is C[C@H](CC(=O)N(C)C)N(CCN)c1cccc(Br)c1. The first-order valence-corrected chi connectivity index (χ1v) is 7.17. The zero-order valence-corrected chi connectivity index (χ0v) is 13.4. The molecule has 0 unspecified atom stereocenters. The molecule has 0 fully saturated rings. The van der Waals surface area contributed by atoms with E-state index >= 15 is 0 Å². The van der Waals surface area contributed by atoms with Gasteiger partial charge >= 0.3 is 0 Å². The molecule has 0 aliphatic carbocycles. The number of hydrogen-bond donors (Lipinski definition) is 1. The van der Waals surface area contributed by atoms with Gasteiger partial charge in [-0.2, -0.15) is 0 Å². The predicted molar refractivity (Wildman–Crippen MR) is 83.3 cm³/mol. The Hall–Kier alpha value is -1.07. The second-order valence-electron chi connectivity index (χ2n) is 4.80. The molecule has 1 aromatic carbocycles. The number of carbonyl (C=O) groups is 1. The smallest absolute Gasteiger partial charge is 0.224 e. The van der Waals surface area contributed by atoms with Crippen LogP contribution in [0.15, 0.2) is 28.7 Å². The van der Waals surface area contributed by atoms with Crippen LogP contribution in [0.1, 0.15) is 13.3 Å².